The third kappa shape index (κ3) is 3.09. The number of fused-ring (bicyclic) bond motifs is 8. The Bertz CT molecular complexity index is 1610. The highest BCUT2D eigenvalue weighted by molar-refractivity contribution is 7.88. The van der Waals surface area contributed by atoms with E-state index in [1.807, 2.05) is 6.07 Å². The van der Waals surface area contributed by atoms with Gasteiger partial charge in [0, 0.05) is 28.7 Å². The van der Waals surface area contributed by atoms with E-state index in [0.29, 0.717) is 34.4 Å². The molecule has 3 atom stereocenters. The van der Waals surface area contributed by atoms with E-state index in [1.54, 1.807) is 36.4 Å². The van der Waals surface area contributed by atoms with Crippen LogP contribution >= 0.6 is 0 Å². The minimum absolute atomic E-state index is 0.00108. The normalized spacial score (nSPS) is 23.2. The van der Waals surface area contributed by atoms with Crippen LogP contribution in [-0.2, 0) is 15.5 Å². The van der Waals surface area contributed by atoms with Gasteiger partial charge in [-0.15, -0.1) is 0 Å². The summed E-state index contributed by atoms with van der Waals surface area (Å²) in [7, 11) is -4.60. The van der Waals surface area contributed by atoms with Gasteiger partial charge in [0.2, 0.25) is 0 Å². The van der Waals surface area contributed by atoms with Crippen molar-refractivity contribution in [1.82, 2.24) is 0 Å². The zero-order chi connectivity index (χ0) is 26.3. The second-order valence-electron chi connectivity index (χ2n) is 9.09. The summed E-state index contributed by atoms with van der Waals surface area (Å²) in [5.41, 5.74) is -4.88. The Balaban J connectivity index is 1.67. The van der Waals surface area contributed by atoms with Crippen molar-refractivity contribution in [2.24, 2.45) is 11.8 Å². The Morgan fingerprint density at radius 3 is 2.49 bits per heavy atom. The van der Waals surface area contributed by atoms with Gasteiger partial charge < -0.3 is 13.7 Å². The minimum atomic E-state index is -6.05. The molecule has 1 fully saturated rings. The van der Waals surface area contributed by atoms with Crippen LogP contribution in [0.15, 0.2) is 54.6 Å². The van der Waals surface area contributed by atoms with Crippen LogP contribution in [-0.4, -0.2) is 33.1 Å². The van der Waals surface area contributed by atoms with Crippen molar-refractivity contribution < 1.29 is 44.8 Å². The second-order valence-corrected chi connectivity index (χ2v) is 10.6. The van der Waals surface area contributed by atoms with Gasteiger partial charge in [0.15, 0.2) is 17.8 Å². The summed E-state index contributed by atoms with van der Waals surface area (Å²) >= 11 is 0. The summed E-state index contributed by atoms with van der Waals surface area (Å²) in [6.45, 7) is 0. The Hall–Kier alpha value is -3.86. The average molecular weight is 530 g/mol. The Kier molecular flexibility index (Phi) is 4.82. The van der Waals surface area contributed by atoms with Crippen molar-refractivity contribution in [1.29, 1.82) is 0 Å². The first kappa shape index (κ1) is 23.5. The summed E-state index contributed by atoms with van der Waals surface area (Å²) in [5, 5.41) is 0. The summed E-state index contributed by atoms with van der Waals surface area (Å²) in [4.78, 5) is 25.4. The molecule has 1 heterocycles. The molecule has 0 amide bonds. The molecule has 6 rings (SSSR count). The summed E-state index contributed by atoms with van der Waals surface area (Å²) in [6.07, 6.45) is 0.749. The largest absolute Gasteiger partial charge is 0.534 e. The lowest BCUT2D eigenvalue weighted by atomic mass is 9.60. The fourth-order valence-electron chi connectivity index (χ4n) is 5.74. The molecule has 190 valence electrons. The van der Waals surface area contributed by atoms with E-state index in [9.17, 15) is 31.2 Å². The molecular weight excluding hydrogens is 513 g/mol. The first-order valence-electron chi connectivity index (χ1n) is 11.2. The molecule has 7 nitrogen and oxygen atoms in total. The Morgan fingerprint density at radius 2 is 1.78 bits per heavy atom. The van der Waals surface area contributed by atoms with Crippen LogP contribution in [0.2, 0.25) is 0 Å². The lowest BCUT2D eigenvalue weighted by molar-refractivity contribution is -0.0500. The van der Waals surface area contributed by atoms with Crippen molar-refractivity contribution in [3.63, 3.8) is 0 Å². The molecule has 2 aliphatic carbocycles. The zero-order valence-corrected chi connectivity index (χ0v) is 19.9. The van der Waals surface area contributed by atoms with Crippen molar-refractivity contribution in [2.75, 3.05) is 7.11 Å². The number of ether oxygens (including phenoxy) is 2. The van der Waals surface area contributed by atoms with Crippen molar-refractivity contribution >= 4 is 22.2 Å². The monoisotopic (exact) mass is 530 g/mol. The molecular formula is C26H17F3O7S. The van der Waals surface area contributed by atoms with Gasteiger partial charge in [-0.1, -0.05) is 36.4 Å². The van der Waals surface area contributed by atoms with Crippen LogP contribution in [0.5, 0.6) is 23.0 Å². The van der Waals surface area contributed by atoms with Crippen molar-refractivity contribution in [3.8, 4) is 23.0 Å². The molecule has 37 heavy (non-hydrogen) atoms. The smallest absolute Gasteiger partial charge is 0.497 e. The van der Waals surface area contributed by atoms with E-state index in [4.69, 9.17) is 9.47 Å². The maximum Gasteiger partial charge on any atom is 0.534 e. The number of Topliss-reactive ketones (excluding diaryl/α,β-unsaturated/α-hetero) is 1. The number of carbonyl (C=O) groups excluding carboxylic acids is 2. The first-order chi connectivity index (χ1) is 17.5. The molecule has 11 heteroatoms. The molecule has 3 unspecified atom stereocenters. The van der Waals surface area contributed by atoms with Crippen LogP contribution in [0.1, 0.15) is 43.8 Å². The van der Waals surface area contributed by atoms with Gasteiger partial charge in [-0.25, -0.2) is 0 Å². The fourth-order valence-corrected chi connectivity index (χ4v) is 6.22. The topological polar surface area (TPSA) is 96.0 Å². The molecule has 0 saturated heterocycles. The number of alkyl halides is 3. The minimum Gasteiger partial charge on any atom is -0.497 e. The van der Waals surface area contributed by atoms with E-state index in [1.165, 1.54) is 13.2 Å². The van der Waals surface area contributed by atoms with Gasteiger partial charge in [-0.2, -0.15) is 21.6 Å². The predicted molar refractivity (Wildman–Crippen MR) is 123 cm³/mol. The number of benzene rings is 3. The third-order valence-electron chi connectivity index (χ3n) is 7.31. The zero-order valence-electron chi connectivity index (χ0n) is 19.0. The summed E-state index contributed by atoms with van der Waals surface area (Å²) < 4.78 is 78.3. The van der Waals surface area contributed by atoms with Gasteiger partial charge in [0.1, 0.15) is 22.8 Å². The SMILES string of the molecule is COc1ccc2c(c1)Oc1c(ccc(OS(=O)(=O)C(F)(F)F)c1C=O)C21c2ccccc2C(=O)C2CC21. The van der Waals surface area contributed by atoms with E-state index in [-0.39, 0.29) is 35.4 Å². The number of rotatable bonds is 4. The van der Waals surface area contributed by atoms with Crippen LogP contribution < -0.4 is 13.7 Å². The molecule has 0 bridgehead atoms. The van der Waals surface area contributed by atoms with E-state index in [0.717, 1.165) is 6.07 Å². The molecule has 0 radical (unpaired) electrons. The van der Waals surface area contributed by atoms with Gasteiger partial charge in [0.05, 0.1) is 12.5 Å². The van der Waals surface area contributed by atoms with Crippen LogP contribution in [0.4, 0.5) is 13.2 Å². The Morgan fingerprint density at radius 1 is 1.05 bits per heavy atom. The molecule has 3 aromatic rings. The van der Waals surface area contributed by atoms with E-state index in [2.05, 4.69) is 4.18 Å². The van der Waals surface area contributed by atoms with Crippen LogP contribution in [0.3, 0.4) is 0 Å². The molecule has 3 aromatic carbocycles. The number of halogens is 3. The highest BCUT2D eigenvalue weighted by Gasteiger charge is 2.65. The highest BCUT2D eigenvalue weighted by Crippen LogP contribution is 2.68. The molecule has 1 spiro atoms. The molecule has 0 N–H and O–H groups in total. The van der Waals surface area contributed by atoms with Crippen molar-refractivity contribution in [2.45, 2.75) is 17.3 Å². The maximum absolute atomic E-state index is 13.1. The number of ketones is 1. The molecule has 1 saturated carbocycles. The van der Waals surface area contributed by atoms with E-state index < -0.39 is 32.4 Å². The van der Waals surface area contributed by atoms with Gasteiger partial charge in [0.25, 0.3) is 0 Å². The second kappa shape index (κ2) is 7.58. The standard InChI is InChI=1S/C26H17F3O7S/c1-34-13-6-7-18-22(10-13)35-24-16(12-30)21(36-37(32,33)26(27,28)29)9-8-19(24)25(18)17-5-3-2-4-14(17)23(31)15-11-20(15)25/h2-10,12,15,20H,11H2,1H3. The van der Waals surface area contributed by atoms with Crippen molar-refractivity contribution in [3.05, 3.63) is 82.4 Å². The molecule has 1 aliphatic heterocycles. The number of hydrogen-bond donors (Lipinski definition) is 0. The first-order valence-corrected chi connectivity index (χ1v) is 12.6. The Labute approximate surface area is 208 Å². The fraction of sp³-hybridized carbons (Fsp3) is 0.231. The lowest BCUT2D eigenvalue weighted by Crippen LogP contribution is -2.41. The average Bonchev–Trinajstić information content (AvgIpc) is 3.67. The molecule has 0 aromatic heterocycles. The summed E-state index contributed by atoms with van der Waals surface area (Å²) in [6, 6.07) is 14.6. The van der Waals surface area contributed by atoms with Gasteiger partial charge in [-0.3, -0.25) is 9.59 Å². The highest BCUT2D eigenvalue weighted by atomic mass is 32.2. The number of carbonyl (C=O) groups is 2. The quantitative estimate of drug-likeness (QED) is 0.266. The summed E-state index contributed by atoms with van der Waals surface area (Å²) in [5.74, 6) is -0.779. The van der Waals surface area contributed by atoms with Gasteiger partial charge in [-0.05, 0) is 30.0 Å². The van der Waals surface area contributed by atoms with Crippen LogP contribution in [0.25, 0.3) is 0 Å². The lowest BCUT2D eigenvalue weighted by Gasteiger charge is -2.44. The van der Waals surface area contributed by atoms with E-state index >= 15 is 0 Å². The third-order valence-corrected chi connectivity index (χ3v) is 8.27. The number of aldehydes is 1. The van der Waals surface area contributed by atoms with Gasteiger partial charge >= 0.3 is 15.6 Å². The maximum atomic E-state index is 13.1. The molecule has 3 aliphatic rings. The van der Waals surface area contributed by atoms with Crippen LogP contribution in [0, 0.1) is 11.8 Å². The number of hydrogen-bond acceptors (Lipinski definition) is 7. The predicted octanol–water partition coefficient (Wildman–Crippen LogP) is 5.01. The number of methoxy groups -OCH3 is 1.